The fraction of sp³-hybridized carbons (Fsp3) is 0.350. The summed E-state index contributed by atoms with van der Waals surface area (Å²) in [6.07, 6.45) is 0.110. The smallest absolute Gasteiger partial charge is 0.357 e. The Morgan fingerprint density at radius 1 is 1.31 bits per heavy atom. The average molecular weight is 466 g/mol. The maximum atomic E-state index is 14.2. The van der Waals surface area contributed by atoms with Crippen molar-refractivity contribution < 1.29 is 32.7 Å². The van der Waals surface area contributed by atoms with Crippen LogP contribution in [0, 0.1) is 17.6 Å². The number of carbonyl (C=O) groups is 4. The highest BCUT2D eigenvalue weighted by Crippen LogP contribution is 2.29. The van der Waals surface area contributed by atoms with Crippen molar-refractivity contribution >= 4 is 40.3 Å². The minimum atomic E-state index is -1.47. The minimum absolute atomic E-state index is 0.00940. The molecule has 2 heterocycles. The van der Waals surface area contributed by atoms with E-state index in [1.807, 2.05) is 0 Å². The third kappa shape index (κ3) is 4.59. The van der Waals surface area contributed by atoms with Crippen molar-refractivity contribution in [3.05, 3.63) is 46.5 Å². The van der Waals surface area contributed by atoms with Crippen molar-refractivity contribution in [3.8, 4) is 0 Å². The van der Waals surface area contributed by atoms with Crippen molar-refractivity contribution in [1.29, 1.82) is 0 Å². The third-order valence-electron chi connectivity index (χ3n) is 4.70. The molecule has 2 atom stereocenters. The topological polar surface area (TPSA) is 118 Å². The number of rotatable bonds is 7. The fourth-order valence-corrected chi connectivity index (χ4v) is 3.92. The summed E-state index contributed by atoms with van der Waals surface area (Å²) >= 11 is 0.964. The Kier molecular flexibility index (Phi) is 6.82. The molecule has 4 amide bonds. The van der Waals surface area contributed by atoms with E-state index in [9.17, 15) is 28.0 Å². The summed E-state index contributed by atoms with van der Waals surface area (Å²) in [5.41, 5.74) is -0.345. The van der Waals surface area contributed by atoms with Gasteiger partial charge >= 0.3 is 12.0 Å². The van der Waals surface area contributed by atoms with Crippen LogP contribution in [0.25, 0.3) is 0 Å². The highest BCUT2D eigenvalue weighted by Gasteiger charge is 2.46. The van der Waals surface area contributed by atoms with E-state index in [4.69, 9.17) is 0 Å². The van der Waals surface area contributed by atoms with E-state index in [0.717, 1.165) is 17.4 Å². The van der Waals surface area contributed by atoms with Gasteiger partial charge in [-0.15, -0.1) is 11.3 Å². The molecule has 1 aromatic carbocycles. The summed E-state index contributed by atoms with van der Waals surface area (Å²) in [6.45, 7) is 3.59. The molecule has 170 valence electrons. The number of thiazole rings is 1. The summed E-state index contributed by atoms with van der Waals surface area (Å²) in [5.74, 6) is -4.79. The molecule has 1 saturated heterocycles. The number of methoxy groups -OCH3 is 1. The van der Waals surface area contributed by atoms with Crippen LogP contribution >= 0.6 is 11.3 Å². The first-order valence-corrected chi connectivity index (χ1v) is 10.4. The van der Waals surface area contributed by atoms with Gasteiger partial charge in [0.2, 0.25) is 5.91 Å². The van der Waals surface area contributed by atoms with Crippen LogP contribution in [0.4, 0.5) is 18.7 Å². The number of hydrogen-bond acceptors (Lipinski definition) is 7. The summed E-state index contributed by atoms with van der Waals surface area (Å²) in [7, 11) is 1.19. The SMILES string of the molecule is COC(=O)c1csc(NC(=O)[C@H](CC(C)C)N2C(=O)NC(c3cccc(F)c3F)C2=O)n1. The number of halogens is 2. The Labute approximate surface area is 185 Å². The monoisotopic (exact) mass is 466 g/mol. The lowest BCUT2D eigenvalue weighted by atomic mass is 10.0. The molecular weight excluding hydrogens is 446 g/mol. The van der Waals surface area contributed by atoms with Gasteiger partial charge in [0, 0.05) is 10.9 Å². The Morgan fingerprint density at radius 2 is 2.03 bits per heavy atom. The molecule has 12 heteroatoms. The second-order valence-corrected chi connectivity index (χ2v) is 8.26. The number of benzene rings is 1. The van der Waals surface area contributed by atoms with Gasteiger partial charge < -0.3 is 15.4 Å². The average Bonchev–Trinajstić information content (AvgIpc) is 3.32. The van der Waals surface area contributed by atoms with Gasteiger partial charge in [-0.1, -0.05) is 26.0 Å². The van der Waals surface area contributed by atoms with Crippen molar-refractivity contribution in [1.82, 2.24) is 15.2 Å². The first-order valence-electron chi connectivity index (χ1n) is 9.56. The highest BCUT2D eigenvalue weighted by atomic mass is 32.1. The van der Waals surface area contributed by atoms with E-state index in [-0.39, 0.29) is 28.7 Å². The maximum absolute atomic E-state index is 14.2. The van der Waals surface area contributed by atoms with Gasteiger partial charge in [-0.2, -0.15) is 0 Å². The molecule has 0 saturated carbocycles. The van der Waals surface area contributed by atoms with Crippen molar-refractivity contribution in [3.63, 3.8) is 0 Å². The molecule has 32 heavy (non-hydrogen) atoms. The molecule has 3 rings (SSSR count). The number of urea groups is 1. The Balaban J connectivity index is 1.86. The standard InChI is InChI=1S/C20H20F2N4O5S/c1-9(2)7-13(16(27)25-19-23-12(8-32-19)18(29)31-3)26-17(28)15(24-20(26)30)10-5-4-6-11(21)14(10)22/h4-6,8-9,13,15H,7H2,1-3H3,(H,24,30)(H,23,25,27)/t13-,15?/m0/s1. The molecule has 1 fully saturated rings. The number of aromatic nitrogens is 1. The Bertz CT molecular complexity index is 1070. The predicted molar refractivity (Wildman–Crippen MR) is 110 cm³/mol. The molecule has 1 aliphatic heterocycles. The van der Waals surface area contributed by atoms with Gasteiger partial charge in [0.25, 0.3) is 5.91 Å². The summed E-state index contributed by atoms with van der Waals surface area (Å²) in [5, 5.41) is 6.26. The lowest BCUT2D eigenvalue weighted by Gasteiger charge is -2.25. The minimum Gasteiger partial charge on any atom is -0.464 e. The van der Waals surface area contributed by atoms with E-state index >= 15 is 0 Å². The molecule has 9 nitrogen and oxygen atoms in total. The van der Waals surface area contributed by atoms with Crippen LogP contribution in [-0.4, -0.2) is 46.9 Å². The van der Waals surface area contributed by atoms with Crippen molar-refractivity contribution in [2.24, 2.45) is 5.92 Å². The Hall–Kier alpha value is -3.41. The van der Waals surface area contributed by atoms with E-state index in [1.165, 1.54) is 24.6 Å². The molecule has 2 aromatic rings. The third-order valence-corrected chi connectivity index (χ3v) is 5.46. The lowest BCUT2D eigenvalue weighted by Crippen LogP contribution is -2.48. The number of ether oxygens (including phenoxy) is 1. The van der Waals surface area contributed by atoms with Gasteiger partial charge in [-0.25, -0.2) is 28.3 Å². The van der Waals surface area contributed by atoms with Crippen molar-refractivity contribution in [2.75, 3.05) is 12.4 Å². The van der Waals surface area contributed by atoms with Crippen LogP contribution in [0.5, 0.6) is 0 Å². The van der Waals surface area contributed by atoms with Crippen LogP contribution in [0.15, 0.2) is 23.6 Å². The first kappa shape index (κ1) is 23.3. The van der Waals surface area contributed by atoms with Crippen LogP contribution in [0.2, 0.25) is 0 Å². The number of imide groups is 1. The van der Waals surface area contributed by atoms with Crippen LogP contribution in [-0.2, 0) is 14.3 Å². The number of nitrogens with one attached hydrogen (secondary N) is 2. The summed E-state index contributed by atoms with van der Waals surface area (Å²) < 4.78 is 32.4. The van der Waals surface area contributed by atoms with Gasteiger partial charge in [0.05, 0.1) is 7.11 Å². The zero-order valence-electron chi connectivity index (χ0n) is 17.3. The molecule has 0 aliphatic carbocycles. The molecular formula is C20H20F2N4O5S. The zero-order chi connectivity index (χ0) is 23.6. The van der Waals surface area contributed by atoms with E-state index in [0.29, 0.717) is 4.90 Å². The highest BCUT2D eigenvalue weighted by molar-refractivity contribution is 7.14. The van der Waals surface area contributed by atoms with E-state index in [2.05, 4.69) is 20.4 Å². The van der Waals surface area contributed by atoms with Gasteiger partial charge in [-0.3, -0.25) is 9.59 Å². The number of nitrogens with zero attached hydrogens (tertiary/aromatic N) is 2. The number of amides is 4. The largest absolute Gasteiger partial charge is 0.464 e. The molecule has 1 aromatic heterocycles. The molecule has 1 unspecified atom stereocenters. The second-order valence-electron chi connectivity index (χ2n) is 7.40. The predicted octanol–water partition coefficient (Wildman–Crippen LogP) is 2.85. The quantitative estimate of drug-likeness (QED) is 0.479. The number of carbonyl (C=O) groups excluding carboxylic acids is 4. The maximum Gasteiger partial charge on any atom is 0.357 e. The number of hydrogen-bond donors (Lipinski definition) is 2. The van der Waals surface area contributed by atoms with E-state index < -0.39 is 47.5 Å². The number of anilines is 1. The van der Waals surface area contributed by atoms with Crippen LogP contribution < -0.4 is 10.6 Å². The van der Waals surface area contributed by atoms with E-state index in [1.54, 1.807) is 13.8 Å². The summed E-state index contributed by atoms with van der Waals surface area (Å²) in [6, 6.07) is -0.314. The molecule has 2 N–H and O–H groups in total. The van der Waals surface area contributed by atoms with Gasteiger partial charge in [-0.05, 0) is 18.4 Å². The van der Waals surface area contributed by atoms with Gasteiger partial charge in [0.1, 0.15) is 12.1 Å². The Morgan fingerprint density at radius 3 is 2.69 bits per heavy atom. The number of esters is 1. The second kappa shape index (κ2) is 9.39. The molecule has 0 spiro atoms. The van der Waals surface area contributed by atoms with Crippen LogP contribution in [0.3, 0.4) is 0 Å². The first-order chi connectivity index (χ1) is 15.1. The lowest BCUT2D eigenvalue weighted by molar-refractivity contribution is -0.134. The van der Waals surface area contributed by atoms with Gasteiger partial charge in [0.15, 0.2) is 22.5 Å². The molecule has 1 aliphatic rings. The zero-order valence-corrected chi connectivity index (χ0v) is 18.2. The molecule has 0 radical (unpaired) electrons. The summed E-state index contributed by atoms with van der Waals surface area (Å²) in [4.78, 5) is 54.8. The van der Waals surface area contributed by atoms with Crippen molar-refractivity contribution in [2.45, 2.75) is 32.4 Å². The molecule has 0 bridgehead atoms. The normalized spacial score (nSPS) is 16.8. The fourth-order valence-electron chi connectivity index (χ4n) is 3.24. The van der Waals surface area contributed by atoms with Crippen LogP contribution in [0.1, 0.15) is 42.4 Å².